The summed E-state index contributed by atoms with van der Waals surface area (Å²) in [6.45, 7) is 2.07. The Labute approximate surface area is 106 Å². The van der Waals surface area contributed by atoms with Crippen LogP contribution in [0.2, 0.25) is 0 Å². The van der Waals surface area contributed by atoms with Crippen molar-refractivity contribution in [1.29, 1.82) is 0 Å². The zero-order valence-corrected chi connectivity index (χ0v) is 10.6. The Morgan fingerprint density at radius 2 is 1.71 bits per heavy atom. The first-order chi connectivity index (χ1) is 8.22. The molecular formula is C14H16N2S. The predicted octanol–water partition coefficient (Wildman–Crippen LogP) is 3.56. The van der Waals surface area contributed by atoms with Gasteiger partial charge in [0.1, 0.15) is 0 Å². The second-order valence-corrected chi connectivity index (χ2v) is 4.93. The minimum Gasteiger partial charge on any atom is -0.398 e. The van der Waals surface area contributed by atoms with Crippen molar-refractivity contribution in [3.8, 4) is 0 Å². The standard InChI is InChI=1S/C14H16N2S/c1-2-11-12(15)8-9-13(14(11)16)17-10-6-4-3-5-7-10/h3-9H,2,15-16H2,1H3. The normalized spacial score (nSPS) is 10.4. The summed E-state index contributed by atoms with van der Waals surface area (Å²) >= 11 is 1.67. The van der Waals surface area contributed by atoms with Crippen LogP contribution in [0.3, 0.4) is 0 Å². The molecule has 0 aliphatic carbocycles. The molecule has 0 aromatic heterocycles. The van der Waals surface area contributed by atoms with Crippen LogP contribution in [0.5, 0.6) is 0 Å². The molecule has 0 amide bonds. The molecule has 17 heavy (non-hydrogen) atoms. The third kappa shape index (κ3) is 2.56. The lowest BCUT2D eigenvalue weighted by Crippen LogP contribution is -2.00. The molecular weight excluding hydrogens is 228 g/mol. The van der Waals surface area contributed by atoms with E-state index >= 15 is 0 Å². The molecule has 3 heteroatoms. The van der Waals surface area contributed by atoms with Crippen molar-refractivity contribution in [1.82, 2.24) is 0 Å². The molecule has 0 saturated heterocycles. The largest absolute Gasteiger partial charge is 0.398 e. The van der Waals surface area contributed by atoms with E-state index in [0.717, 1.165) is 28.3 Å². The Bertz CT molecular complexity index is 509. The zero-order chi connectivity index (χ0) is 12.3. The fourth-order valence-electron chi connectivity index (χ4n) is 1.76. The van der Waals surface area contributed by atoms with Gasteiger partial charge in [0.2, 0.25) is 0 Å². The van der Waals surface area contributed by atoms with Gasteiger partial charge < -0.3 is 11.5 Å². The van der Waals surface area contributed by atoms with Gasteiger partial charge in [0.05, 0.1) is 5.69 Å². The molecule has 0 fully saturated rings. The number of nitrogen functional groups attached to an aromatic ring is 2. The Hall–Kier alpha value is -1.61. The molecule has 0 radical (unpaired) electrons. The average Bonchev–Trinajstić information content (AvgIpc) is 2.35. The molecule has 2 aromatic rings. The number of hydrogen-bond donors (Lipinski definition) is 2. The first kappa shape index (κ1) is 11.9. The average molecular weight is 244 g/mol. The fraction of sp³-hybridized carbons (Fsp3) is 0.143. The van der Waals surface area contributed by atoms with Crippen LogP contribution in [0, 0.1) is 0 Å². The molecule has 0 atom stereocenters. The summed E-state index contributed by atoms with van der Waals surface area (Å²) in [5, 5.41) is 0. The van der Waals surface area contributed by atoms with Crippen LogP contribution >= 0.6 is 11.8 Å². The summed E-state index contributed by atoms with van der Waals surface area (Å²) in [6, 6.07) is 14.1. The summed E-state index contributed by atoms with van der Waals surface area (Å²) < 4.78 is 0. The van der Waals surface area contributed by atoms with Crippen molar-refractivity contribution in [3.63, 3.8) is 0 Å². The zero-order valence-electron chi connectivity index (χ0n) is 9.81. The van der Waals surface area contributed by atoms with Gasteiger partial charge >= 0.3 is 0 Å². The van der Waals surface area contributed by atoms with E-state index in [-0.39, 0.29) is 0 Å². The lowest BCUT2D eigenvalue weighted by atomic mass is 10.1. The second kappa shape index (κ2) is 5.15. The van der Waals surface area contributed by atoms with Crippen molar-refractivity contribution in [3.05, 3.63) is 48.0 Å². The third-order valence-corrected chi connectivity index (χ3v) is 3.76. The summed E-state index contributed by atoms with van der Waals surface area (Å²) in [6.07, 6.45) is 0.862. The molecule has 0 bridgehead atoms. The molecule has 2 aromatic carbocycles. The van der Waals surface area contributed by atoms with Crippen molar-refractivity contribution in [2.24, 2.45) is 0 Å². The topological polar surface area (TPSA) is 52.0 Å². The van der Waals surface area contributed by atoms with E-state index in [0.29, 0.717) is 0 Å². The highest BCUT2D eigenvalue weighted by atomic mass is 32.2. The van der Waals surface area contributed by atoms with Gasteiger partial charge in [0.15, 0.2) is 0 Å². The number of benzene rings is 2. The highest BCUT2D eigenvalue weighted by Crippen LogP contribution is 2.35. The maximum absolute atomic E-state index is 6.14. The van der Waals surface area contributed by atoms with Gasteiger partial charge in [-0.05, 0) is 36.2 Å². The number of rotatable bonds is 3. The van der Waals surface area contributed by atoms with Crippen LogP contribution in [-0.4, -0.2) is 0 Å². The minimum absolute atomic E-state index is 0.780. The fourth-order valence-corrected chi connectivity index (χ4v) is 2.68. The molecule has 0 unspecified atom stereocenters. The molecule has 0 spiro atoms. The molecule has 88 valence electrons. The second-order valence-electron chi connectivity index (χ2n) is 3.81. The lowest BCUT2D eigenvalue weighted by molar-refractivity contribution is 1.13. The first-order valence-electron chi connectivity index (χ1n) is 5.62. The summed E-state index contributed by atoms with van der Waals surface area (Å²) in [5.41, 5.74) is 14.7. The quantitative estimate of drug-likeness (QED) is 0.812. The minimum atomic E-state index is 0.780. The highest BCUT2D eigenvalue weighted by Gasteiger charge is 2.08. The van der Waals surface area contributed by atoms with Gasteiger partial charge in [-0.2, -0.15) is 0 Å². The van der Waals surface area contributed by atoms with Gasteiger partial charge in [-0.1, -0.05) is 36.9 Å². The monoisotopic (exact) mass is 244 g/mol. The highest BCUT2D eigenvalue weighted by molar-refractivity contribution is 7.99. The maximum atomic E-state index is 6.14. The van der Waals surface area contributed by atoms with Crippen molar-refractivity contribution >= 4 is 23.1 Å². The summed E-state index contributed by atoms with van der Waals surface area (Å²) in [5.74, 6) is 0. The van der Waals surface area contributed by atoms with E-state index in [1.165, 1.54) is 4.90 Å². The van der Waals surface area contributed by atoms with Crippen LogP contribution < -0.4 is 11.5 Å². The van der Waals surface area contributed by atoms with Gasteiger partial charge in [-0.3, -0.25) is 0 Å². The van der Waals surface area contributed by atoms with E-state index < -0.39 is 0 Å². The molecule has 0 aliphatic rings. The van der Waals surface area contributed by atoms with Crippen LogP contribution in [0.25, 0.3) is 0 Å². The van der Waals surface area contributed by atoms with Gasteiger partial charge in [0, 0.05) is 15.5 Å². The Balaban J connectivity index is 2.34. The SMILES string of the molecule is CCc1c(N)ccc(Sc2ccccc2)c1N. The molecule has 0 saturated carbocycles. The molecule has 2 nitrogen and oxygen atoms in total. The van der Waals surface area contributed by atoms with Gasteiger partial charge in [-0.15, -0.1) is 0 Å². The van der Waals surface area contributed by atoms with Crippen LogP contribution in [-0.2, 0) is 6.42 Å². The van der Waals surface area contributed by atoms with Gasteiger partial charge in [0.25, 0.3) is 0 Å². The van der Waals surface area contributed by atoms with E-state index in [1.807, 2.05) is 30.3 Å². The molecule has 0 aliphatic heterocycles. The smallest absolute Gasteiger partial charge is 0.0509 e. The van der Waals surface area contributed by atoms with Crippen LogP contribution in [0.1, 0.15) is 12.5 Å². The van der Waals surface area contributed by atoms with E-state index in [1.54, 1.807) is 11.8 Å². The Kier molecular flexibility index (Phi) is 3.59. The van der Waals surface area contributed by atoms with Crippen LogP contribution in [0.15, 0.2) is 52.3 Å². The van der Waals surface area contributed by atoms with Crippen molar-refractivity contribution < 1.29 is 0 Å². The number of hydrogen-bond acceptors (Lipinski definition) is 3. The Morgan fingerprint density at radius 3 is 2.35 bits per heavy atom. The van der Waals surface area contributed by atoms with Gasteiger partial charge in [-0.25, -0.2) is 0 Å². The predicted molar refractivity (Wildman–Crippen MR) is 75.2 cm³/mol. The molecule has 0 heterocycles. The van der Waals surface area contributed by atoms with Crippen molar-refractivity contribution in [2.75, 3.05) is 11.5 Å². The lowest BCUT2D eigenvalue weighted by Gasteiger charge is -2.11. The van der Waals surface area contributed by atoms with Crippen molar-refractivity contribution in [2.45, 2.75) is 23.1 Å². The first-order valence-corrected chi connectivity index (χ1v) is 6.43. The van der Waals surface area contributed by atoms with E-state index in [2.05, 4.69) is 19.1 Å². The Morgan fingerprint density at radius 1 is 1.00 bits per heavy atom. The maximum Gasteiger partial charge on any atom is 0.0509 e. The van der Waals surface area contributed by atoms with Crippen LogP contribution in [0.4, 0.5) is 11.4 Å². The number of anilines is 2. The van der Waals surface area contributed by atoms with E-state index in [4.69, 9.17) is 11.5 Å². The third-order valence-electron chi connectivity index (χ3n) is 2.68. The molecule has 2 rings (SSSR count). The summed E-state index contributed by atoms with van der Waals surface area (Å²) in [7, 11) is 0. The number of nitrogens with two attached hydrogens (primary N) is 2. The summed E-state index contributed by atoms with van der Waals surface area (Å²) in [4.78, 5) is 2.26. The molecule has 4 N–H and O–H groups in total. The van der Waals surface area contributed by atoms with E-state index in [9.17, 15) is 0 Å².